The summed E-state index contributed by atoms with van der Waals surface area (Å²) in [7, 11) is 0. The van der Waals surface area contributed by atoms with E-state index in [1.54, 1.807) is 9.80 Å². The Morgan fingerprint density at radius 2 is 1.81 bits per heavy atom. The zero-order valence-electron chi connectivity index (χ0n) is 12.8. The normalized spacial score (nSPS) is 21.3. The van der Waals surface area contributed by atoms with Crippen molar-refractivity contribution >= 4 is 12.0 Å². The topological polar surface area (TPSA) is 90.3 Å². The second kappa shape index (κ2) is 8.84. The van der Waals surface area contributed by atoms with Crippen LogP contribution in [-0.2, 0) is 9.53 Å². The fourth-order valence-corrected chi connectivity index (χ4v) is 2.61. The standard InChI is InChI=1S/C14H26N2O5/c1-3-5-15(7-8-17)14(20)16(6-4-2)12-10-21-9-11(12)13(18)19/h11-12,17H,3-10H2,1-2H3,(H,18,19). The highest BCUT2D eigenvalue weighted by atomic mass is 16.5. The molecule has 0 radical (unpaired) electrons. The van der Waals surface area contributed by atoms with Crippen molar-refractivity contribution in [2.45, 2.75) is 32.7 Å². The van der Waals surface area contributed by atoms with Crippen LogP contribution < -0.4 is 0 Å². The van der Waals surface area contributed by atoms with Crippen molar-refractivity contribution < 1.29 is 24.5 Å². The average molecular weight is 302 g/mol. The van der Waals surface area contributed by atoms with Crippen molar-refractivity contribution in [2.75, 3.05) is 39.5 Å². The number of carboxylic acids is 1. The zero-order valence-corrected chi connectivity index (χ0v) is 12.8. The van der Waals surface area contributed by atoms with Gasteiger partial charge < -0.3 is 24.7 Å². The third-order valence-corrected chi connectivity index (χ3v) is 3.61. The molecular formula is C14H26N2O5. The van der Waals surface area contributed by atoms with Gasteiger partial charge in [-0.15, -0.1) is 0 Å². The molecule has 7 nitrogen and oxygen atoms in total. The van der Waals surface area contributed by atoms with Crippen molar-refractivity contribution in [3.8, 4) is 0 Å². The molecule has 1 rings (SSSR count). The molecule has 0 aromatic heterocycles. The summed E-state index contributed by atoms with van der Waals surface area (Å²) in [6.07, 6.45) is 1.53. The Morgan fingerprint density at radius 1 is 1.14 bits per heavy atom. The summed E-state index contributed by atoms with van der Waals surface area (Å²) < 4.78 is 5.27. The molecule has 1 aliphatic rings. The Labute approximate surface area is 125 Å². The number of hydrogen-bond donors (Lipinski definition) is 2. The van der Waals surface area contributed by atoms with Crippen LogP contribution >= 0.6 is 0 Å². The number of aliphatic hydroxyl groups excluding tert-OH is 1. The summed E-state index contributed by atoms with van der Waals surface area (Å²) in [6, 6.07) is -0.650. The third-order valence-electron chi connectivity index (χ3n) is 3.61. The van der Waals surface area contributed by atoms with Crippen LogP contribution in [0.5, 0.6) is 0 Å². The molecule has 2 atom stereocenters. The summed E-state index contributed by atoms with van der Waals surface area (Å²) in [5, 5.41) is 18.4. The molecular weight excluding hydrogens is 276 g/mol. The molecule has 1 aliphatic heterocycles. The number of ether oxygens (including phenoxy) is 1. The molecule has 7 heteroatoms. The highest BCUT2D eigenvalue weighted by molar-refractivity contribution is 5.77. The maximum absolute atomic E-state index is 12.7. The summed E-state index contributed by atoms with van der Waals surface area (Å²) in [5.41, 5.74) is 0. The van der Waals surface area contributed by atoms with Crippen LogP contribution in [0.1, 0.15) is 26.7 Å². The van der Waals surface area contributed by atoms with Crippen molar-refractivity contribution in [1.29, 1.82) is 0 Å². The Hall–Kier alpha value is -1.34. The summed E-state index contributed by atoms with van der Waals surface area (Å²) >= 11 is 0. The van der Waals surface area contributed by atoms with Crippen LogP contribution in [0, 0.1) is 5.92 Å². The number of rotatable bonds is 8. The van der Waals surface area contributed by atoms with Gasteiger partial charge in [0.2, 0.25) is 0 Å². The van der Waals surface area contributed by atoms with Gasteiger partial charge in [0, 0.05) is 19.6 Å². The molecule has 2 amide bonds. The van der Waals surface area contributed by atoms with Gasteiger partial charge in [-0.2, -0.15) is 0 Å². The van der Waals surface area contributed by atoms with E-state index >= 15 is 0 Å². The van der Waals surface area contributed by atoms with Crippen LogP contribution in [0.15, 0.2) is 0 Å². The number of carboxylic acid groups (broad SMARTS) is 1. The highest BCUT2D eigenvalue weighted by Crippen LogP contribution is 2.22. The van der Waals surface area contributed by atoms with E-state index in [-0.39, 0.29) is 32.4 Å². The first kappa shape index (κ1) is 17.7. The summed E-state index contributed by atoms with van der Waals surface area (Å²) in [4.78, 5) is 27.1. The minimum Gasteiger partial charge on any atom is -0.481 e. The average Bonchev–Trinajstić information content (AvgIpc) is 2.93. The van der Waals surface area contributed by atoms with Gasteiger partial charge in [-0.25, -0.2) is 4.79 Å². The number of aliphatic carboxylic acids is 1. The smallest absolute Gasteiger partial charge is 0.320 e. The van der Waals surface area contributed by atoms with Crippen LogP contribution in [0.3, 0.4) is 0 Å². The van der Waals surface area contributed by atoms with Crippen LogP contribution in [0.4, 0.5) is 4.79 Å². The Morgan fingerprint density at radius 3 is 2.33 bits per heavy atom. The Balaban J connectivity index is 2.87. The molecule has 21 heavy (non-hydrogen) atoms. The van der Waals surface area contributed by atoms with Crippen molar-refractivity contribution in [1.82, 2.24) is 9.80 Å². The summed E-state index contributed by atoms with van der Waals surface area (Å²) in [6.45, 7) is 5.49. The molecule has 0 aromatic rings. The molecule has 1 fully saturated rings. The molecule has 1 saturated heterocycles. The third kappa shape index (κ3) is 4.57. The second-order valence-electron chi connectivity index (χ2n) is 5.24. The van der Waals surface area contributed by atoms with Gasteiger partial charge in [0.15, 0.2) is 0 Å². The lowest BCUT2D eigenvalue weighted by molar-refractivity contribution is -0.142. The van der Waals surface area contributed by atoms with Crippen LogP contribution in [0.25, 0.3) is 0 Å². The number of urea groups is 1. The van der Waals surface area contributed by atoms with E-state index in [9.17, 15) is 14.7 Å². The molecule has 0 aliphatic carbocycles. The minimum atomic E-state index is -0.935. The van der Waals surface area contributed by atoms with Crippen molar-refractivity contribution in [3.63, 3.8) is 0 Å². The maximum Gasteiger partial charge on any atom is 0.320 e. The summed E-state index contributed by atoms with van der Waals surface area (Å²) in [5.74, 6) is -1.62. The van der Waals surface area contributed by atoms with Gasteiger partial charge in [-0.05, 0) is 12.8 Å². The van der Waals surface area contributed by atoms with Crippen LogP contribution in [0.2, 0.25) is 0 Å². The number of carbonyl (C=O) groups excluding carboxylic acids is 1. The van der Waals surface area contributed by atoms with Crippen molar-refractivity contribution in [3.05, 3.63) is 0 Å². The minimum absolute atomic E-state index is 0.102. The predicted molar refractivity (Wildman–Crippen MR) is 77.1 cm³/mol. The predicted octanol–water partition coefficient (Wildman–Crippen LogP) is 0.622. The molecule has 0 spiro atoms. The lowest BCUT2D eigenvalue weighted by Crippen LogP contribution is -2.52. The van der Waals surface area contributed by atoms with Gasteiger partial charge in [0.25, 0.3) is 0 Å². The van der Waals surface area contributed by atoms with E-state index in [0.29, 0.717) is 13.1 Å². The Kier molecular flexibility index (Phi) is 7.45. The first-order valence-electron chi connectivity index (χ1n) is 7.53. The lowest BCUT2D eigenvalue weighted by atomic mass is 10.0. The zero-order chi connectivity index (χ0) is 15.8. The first-order valence-corrected chi connectivity index (χ1v) is 7.53. The SMILES string of the molecule is CCCN(CCO)C(=O)N(CCC)C1COCC1C(=O)O. The van der Waals surface area contributed by atoms with Crippen LogP contribution in [-0.4, -0.2) is 77.5 Å². The largest absolute Gasteiger partial charge is 0.481 e. The highest BCUT2D eigenvalue weighted by Gasteiger charge is 2.40. The van der Waals surface area contributed by atoms with Gasteiger partial charge in [-0.1, -0.05) is 13.8 Å². The fraction of sp³-hybridized carbons (Fsp3) is 0.857. The van der Waals surface area contributed by atoms with Gasteiger partial charge in [0.1, 0.15) is 5.92 Å². The number of carbonyl (C=O) groups is 2. The van der Waals surface area contributed by atoms with E-state index < -0.39 is 17.9 Å². The van der Waals surface area contributed by atoms with E-state index in [2.05, 4.69) is 0 Å². The number of nitrogens with zero attached hydrogens (tertiary/aromatic N) is 2. The monoisotopic (exact) mass is 302 g/mol. The van der Waals surface area contributed by atoms with Gasteiger partial charge >= 0.3 is 12.0 Å². The van der Waals surface area contributed by atoms with E-state index in [1.165, 1.54) is 0 Å². The molecule has 2 N–H and O–H groups in total. The maximum atomic E-state index is 12.7. The molecule has 0 saturated carbocycles. The van der Waals surface area contributed by atoms with E-state index in [0.717, 1.165) is 12.8 Å². The van der Waals surface area contributed by atoms with E-state index in [1.807, 2.05) is 13.8 Å². The molecule has 2 unspecified atom stereocenters. The Bertz CT molecular complexity index is 344. The number of amides is 2. The molecule has 0 aromatic carbocycles. The van der Waals surface area contributed by atoms with Crippen molar-refractivity contribution in [2.24, 2.45) is 5.92 Å². The molecule has 122 valence electrons. The van der Waals surface area contributed by atoms with E-state index in [4.69, 9.17) is 9.84 Å². The fourth-order valence-electron chi connectivity index (χ4n) is 2.61. The molecule has 1 heterocycles. The quantitative estimate of drug-likeness (QED) is 0.686. The second-order valence-corrected chi connectivity index (χ2v) is 5.24. The van der Waals surface area contributed by atoms with Gasteiger partial charge in [0.05, 0.1) is 25.9 Å². The number of hydrogen-bond acceptors (Lipinski definition) is 4. The number of aliphatic hydroxyl groups is 1. The molecule has 0 bridgehead atoms. The lowest BCUT2D eigenvalue weighted by Gasteiger charge is -2.35. The van der Waals surface area contributed by atoms with Gasteiger partial charge in [-0.3, -0.25) is 4.79 Å². The first-order chi connectivity index (χ1) is 10.1.